The minimum Gasteiger partial charge on any atom is -0.380 e. The molecule has 0 N–H and O–H groups in total. The van der Waals surface area contributed by atoms with Crippen LogP contribution in [0.1, 0.15) is 18.4 Å². The Morgan fingerprint density at radius 1 is 1.16 bits per heavy atom. The number of sulfonamides is 1. The maximum Gasteiger partial charge on any atom is 0.243 e. The fraction of sp³-hybridized carbons (Fsp3) is 0.667. The van der Waals surface area contributed by atoms with Crippen LogP contribution in [0, 0.1) is 0 Å². The van der Waals surface area contributed by atoms with Crippen molar-refractivity contribution in [1.82, 2.24) is 14.1 Å². The summed E-state index contributed by atoms with van der Waals surface area (Å²) < 4.78 is 32.6. The molecule has 7 heteroatoms. The molecule has 140 valence electrons. The van der Waals surface area contributed by atoms with Crippen LogP contribution in [0.15, 0.2) is 29.2 Å². The van der Waals surface area contributed by atoms with Gasteiger partial charge in [-0.3, -0.25) is 4.90 Å². The predicted octanol–water partition coefficient (Wildman–Crippen LogP) is 1.23. The molecule has 0 aliphatic carbocycles. The highest BCUT2D eigenvalue weighted by molar-refractivity contribution is 7.89. The van der Waals surface area contributed by atoms with Crippen LogP contribution in [-0.4, -0.2) is 82.0 Å². The molecular formula is C18H29N3O3S. The zero-order valence-electron chi connectivity index (χ0n) is 15.2. The molecule has 3 rings (SSSR count). The molecule has 0 aromatic heterocycles. The van der Waals surface area contributed by atoms with Crippen molar-refractivity contribution in [2.45, 2.75) is 30.4 Å². The standard InChI is InChI=1S/C18H29N3O3S/c1-19-8-4-6-17(14-19)20-9-11-21(12-10-20)25(22,23)18-7-3-5-16(13-18)15-24-2/h3,5,7,13,17H,4,6,8-12,14-15H2,1-2H3. The molecule has 1 unspecified atom stereocenters. The van der Waals surface area contributed by atoms with Crippen LogP contribution in [0.2, 0.25) is 0 Å². The van der Waals surface area contributed by atoms with Crippen molar-refractivity contribution in [2.75, 3.05) is 53.4 Å². The SMILES string of the molecule is COCc1cccc(S(=O)(=O)N2CCN(C3CCCN(C)C3)CC2)c1. The first kappa shape index (κ1) is 18.8. The van der Waals surface area contributed by atoms with Gasteiger partial charge in [0.25, 0.3) is 0 Å². The van der Waals surface area contributed by atoms with E-state index in [1.54, 1.807) is 29.6 Å². The van der Waals surface area contributed by atoms with Crippen LogP contribution in [0.4, 0.5) is 0 Å². The molecule has 6 nitrogen and oxygen atoms in total. The highest BCUT2D eigenvalue weighted by Gasteiger charge is 2.32. The Hall–Kier alpha value is -0.990. The summed E-state index contributed by atoms with van der Waals surface area (Å²) in [5.41, 5.74) is 0.882. The Kier molecular flexibility index (Phi) is 6.12. The van der Waals surface area contributed by atoms with Gasteiger partial charge in [0.2, 0.25) is 10.0 Å². The number of rotatable bonds is 5. The Bertz CT molecular complexity index is 672. The summed E-state index contributed by atoms with van der Waals surface area (Å²) in [5.74, 6) is 0. The van der Waals surface area contributed by atoms with E-state index in [4.69, 9.17) is 4.74 Å². The van der Waals surface area contributed by atoms with Crippen LogP contribution in [0.25, 0.3) is 0 Å². The summed E-state index contributed by atoms with van der Waals surface area (Å²) in [5, 5.41) is 0. The van der Waals surface area contributed by atoms with Gasteiger partial charge in [-0.25, -0.2) is 8.42 Å². The zero-order valence-corrected chi connectivity index (χ0v) is 16.0. The molecule has 0 saturated carbocycles. The molecular weight excluding hydrogens is 338 g/mol. The van der Waals surface area contributed by atoms with E-state index in [0.717, 1.165) is 25.2 Å². The summed E-state index contributed by atoms with van der Waals surface area (Å²) in [4.78, 5) is 5.20. The number of hydrogen-bond donors (Lipinski definition) is 0. The van der Waals surface area contributed by atoms with E-state index in [0.29, 0.717) is 30.6 Å². The van der Waals surface area contributed by atoms with Gasteiger partial charge in [0.15, 0.2) is 0 Å². The van der Waals surface area contributed by atoms with E-state index in [-0.39, 0.29) is 0 Å². The molecule has 2 aliphatic heterocycles. The van der Waals surface area contributed by atoms with Gasteiger partial charge in [-0.05, 0) is 44.1 Å². The molecule has 2 aliphatic rings. The van der Waals surface area contributed by atoms with Crippen molar-refractivity contribution in [3.63, 3.8) is 0 Å². The maximum atomic E-state index is 12.9. The fourth-order valence-electron chi connectivity index (χ4n) is 3.86. The highest BCUT2D eigenvalue weighted by Crippen LogP contribution is 2.22. The molecule has 1 atom stereocenters. The lowest BCUT2D eigenvalue weighted by Gasteiger charge is -2.42. The molecule has 2 heterocycles. The number of likely N-dealkylation sites (N-methyl/N-ethyl adjacent to an activating group) is 1. The monoisotopic (exact) mass is 367 g/mol. The van der Waals surface area contributed by atoms with Gasteiger partial charge in [-0.2, -0.15) is 4.31 Å². The van der Waals surface area contributed by atoms with Crippen molar-refractivity contribution in [1.29, 1.82) is 0 Å². The molecule has 1 aromatic carbocycles. The topological polar surface area (TPSA) is 53.1 Å². The normalized spacial score (nSPS) is 24.5. The Balaban J connectivity index is 1.64. The van der Waals surface area contributed by atoms with E-state index in [1.807, 2.05) is 6.07 Å². The third-order valence-corrected chi connectivity index (χ3v) is 7.13. The van der Waals surface area contributed by atoms with Gasteiger partial charge in [0.1, 0.15) is 0 Å². The quantitative estimate of drug-likeness (QED) is 0.784. The largest absolute Gasteiger partial charge is 0.380 e. The summed E-state index contributed by atoms with van der Waals surface area (Å²) >= 11 is 0. The molecule has 0 radical (unpaired) electrons. The van der Waals surface area contributed by atoms with Gasteiger partial charge < -0.3 is 9.64 Å². The van der Waals surface area contributed by atoms with Gasteiger partial charge in [-0.1, -0.05) is 12.1 Å². The van der Waals surface area contributed by atoms with E-state index < -0.39 is 10.0 Å². The third kappa shape index (κ3) is 4.41. The number of methoxy groups -OCH3 is 1. The number of ether oxygens (including phenoxy) is 1. The Labute approximate surface area is 151 Å². The summed E-state index contributed by atoms with van der Waals surface area (Å²) in [6.45, 7) is 5.44. The summed E-state index contributed by atoms with van der Waals surface area (Å²) in [6, 6.07) is 7.64. The molecule has 2 fully saturated rings. The lowest BCUT2D eigenvalue weighted by atomic mass is 10.0. The second-order valence-electron chi connectivity index (χ2n) is 7.08. The zero-order chi connectivity index (χ0) is 17.9. The number of benzene rings is 1. The second-order valence-corrected chi connectivity index (χ2v) is 9.02. The Morgan fingerprint density at radius 3 is 2.60 bits per heavy atom. The van der Waals surface area contributed by atoms with Gasteiger partial charge in [-0.15, -0.1) is 0 Å². The molecule has 0 spiro atoms. The van der Waals surface area contributed by atoms with Crippen molar-refractivity contribution < 1.29 is 13.2 Å². The first-order chi connectivity index (χ1) is 12.0. The van der Waals surface area contributed by atoms with Crippen LogP contribution in [-0.2, 0) is 21.4 Å². The van der Waals surface area contributed by atoms with Crippen LogP contribution in [0.5, 0.6) is 0 Å². The summed E-state index contributed by atoms with van der Waals surface area (Å²) in [6.07, 6.45) is 2.45. The van der Waals surface area contributed by atoms with Crippen LogP contribution in [0.3, 0.4) is 0 Å². The van der Waals surface area contributed by atoms with E-state index in [1.165, 1.54) is 19.4 Å². The van der Waals surface area contributed by atoms with Gasteiger partial charge in [0, 0.05) is 45.9 Å². The molecule has 2 saturated heterocycles. The molecule has 0 bridgehead atoms. The highest BCUT2D eigenvalue weighted by atomic mass is 32.2. The van der Waals surface area contributed by atoms with Crippen LogP contribution >= 0.6 is 0 Å². The predicted molar refractivity (Wildman–Crippen MR) is 98.0 cm³/mol. The van der Waals surface area contributed by atoms with Crippen LogP contribution < -0.4 is 0 Å². The second kappa shape index (κ2) is 8.14. The van der Waals surface area contributed by atoms with Gasteiger partial charge in [0.05, 0.1) is 11.5 Å². The number of hydrogen-bond acceptors (Lipinski definition) is 5. The number of piperidine rings is 1. The summed E-state index contributed by atoms with van der Waals surface area (Å²) in [7, 11) is 0.354. The average molecular weight is 368 g/mol. The average Bonchev–Trinajstić information content (AvgIpc) is 2.62. The number of likely N-dealkylation sites (tertiary alicyclic amines) is 1. The number of nitrogens with zero attached hydrogens (tertiary/aromatic N) is 3. The van der Waals surface area contributed by atoms with E-state index in [9.17, 15) is 8.42 Å². The molecule has 1 aromatic rings. The minimum atomic E-state index is -3.43. The molecule has 25 heavy (non-hydrogen) atoms. The third-order valence-electron chi connectivity index (χ3n) is 5.24. The Morgan fingerprint density at radius 2 is 1.92 bits per heavy atom. The van der Waals surface area contributed by atoms with Gasteiger partial charge >= 0.3 is 0 Å². The first-order valence-electron chi connectivity index (χ1n) is 9.01. The number of piperazine rings is 1. The van der Waals surface area contributed by atoms with Crippen molar-refractivity contribution in [2.24, 2.45) is 0 Å². The minimum absolute atomic E-state index is 0.368. The van der Waals surface area contributed by atoms with E-state index >= 15 is 0 Å². The van der Waals surface area contributed by atoms with Crippen molar-refractivity contribution >= 4 is 10.0 Å². The lowest BCUT2D eigenvalue weighted by molar-refractivity contribution is 0.0824. The first-order valence-corrected chi connectivity index (χ1v) is 10.5. The lowest BCUT2D eigenvalue weighted by Crippen LogP contribution is -2.55. The smallest absolute Gasteiger partial charge is 0.243 e. The van der Waals surface area contributed by atoms with Crippen molar-refractivity contribution in [3.8, 4) is 0 Å². The maximum absolute atomic E-state index is 12.9. The van der Waals surface area contributed by atoms with Crippen molar-refractivity contribution in [3.05, 3.63) is 29.8 Å². The van der Waals surface area contributed by atoms with E-state index in [2.05, 4.69) is 16.8 Å². The molecule has 0 amide bonds. The fourth-order valence-corrected chi connectivity index (χ4v) is 5.35.